The Hall–Kier alpha value is -2.37. The van der Waals surface area contributed by atoms with Crippen molar-refractivity contribution in [2.45, 2.75) is 0 Å². The fraction of sp³-hybridized carbons (Fsp3) is 0. The topological polar surface area (TPSA) is 17.1 Å². The molecule has 0 atom stereocenters. The molecule has 0 N–H and O–H groups in total. The van der Waals surface area contributed by atoms with Crippen LogP contribution in [0.15, 0.2) is 60.3 Å². The highest BCUT2D eigenvalue weighted by Gasteiger charge is 1.89. The van der Waals surface area contributed by atoms with Gasteiger partial charge in [-0.2, -0.15) is 0 Å². The summed E-state index contributed by atoms with van der Waals surface area (Å²) in [7, 11) is 0. The lowest BCUT2D eigenvalue weighted by atomic mass is 10.1. The number of hydrogen-bond donors (Lipinski definition) is 0. The highest BCUT2D eigenvalue weighted by atomic mass is 16.1. The van der Waals surface area contributed by atoms with Crippen LogP contribution < -0.4 is 0 Å². The average Bonchev–Trinajstić information content (AvgIpc) is 2.40. The van der Waals surface area contributed by atoms with Crippen molar-refractivity contribution in [3.05, 3.63) is 77.0 Å². The quantitative estimate of drug-likeness (QED) is 0.567. The lowest BCUT2D eigenvalue weighted by Gasteiger charge is -1.92. The van der Waals surface area contributed by atoms with Crippen LogP contribution >= 0.6 is 0 Å². The van der Waals surface area contributed by atoms with Crippen molar-refractivity contribution < 1.29 is 4.79 Å². The van der Waals surface area contributed by atoms with E-state index < -0.39 is 0 Å². The Morgan fingerprint density at radius 3 is 2.18 bits per heavy atom. The third-order valence-electron chi connectivity index (χ3n) is 2.35. The number of benzene rings is 2. The maximum absolute atomic E-state index is 10.6. The Kier molecular flexibility index (Phi) is 3.69. The minimum Gasteiger partial charge on any atom is -0.298 e. The fourth-order valence-electron chi connectivity index (χ4n) is 1.51. The maximum atomic E-state index is 10.6. The molecule has 0 fully saturated rings. The van der Waals surface area contributed by atoms with Crippen LogP contribution in [0, 0.1) is 0 Å². The maximum Gasteiger partial charge on any atom is 0.150 e. The number of rotatable bonds is 3. The summed E-state index contributed by atoms with van der Waals surface area (Å²) < 4.78 is 0. The summed E-state index contributed by atoms with van der Waals surface area (Å²) in [5.41, 5.74) is 5.86. The monoisotopic (exact) mass is 220 g/mol. The van der Waals surface area contributed by atoms with Crippen LogP contribution in [0.2, 0.25) is 0 Å². The Morgan fingerprint density at radius 1 is 0.765 bits per heavy atom. The minimum atomic E-state index is 0.681. The van der Waals surface area contributed by atoms with Crippen LogP contribution in [-0.2, 0) is 0 Å². The SMILES string of the molecule is O=Cc1cccc(C=C=Cc2ccccc2)c1. The highest BCUT2D eigenvalue weighted by molar-refractivity contribution is 5.76. The van der Waals surface area contributed by atoms with E-state index in [-0.39, 0.29) is 0 Å². The molecule has 0 radical (unpaired) electrons. The first kappa shape index (κ1) is 11.1. The van der Waals surface area contributed by atoms with Gasteiger partial charge in [-0.05, 0) is 29.3 Å². The van der Waals surface area contributed by atoms with Crippen LogP contribution in [-0.4, -0.2) is 6.29 Å². The molecule has 0 bridgehead atoms. The van der Waals surface area contributed by atoms with Crippen molar-refractivity contribution in [3.8, 4) is 0 Å². The normalized spacial score (nSPS) is 9.18. The molecule has 0 unspecified atom stereocenters. The van der Waals surface area contributed by atoms with E-state index in [1.807, 2.05) is 60.7 Å². The second kappa shape index (κ2) is 5.64. The molecule has 0 amide bonds. The van der Waals surface area contributed by atoms with Gasteiger partial charge in [0.2, 0.25) is 0 Å². The second-order valence-corrected chi connectivity index (χ2v) is 3.65. The zero-order chi connectivity index (χ0) is 11.9. The van der Waals surface area contributed by atoms with Gasteiger partial charge in [0, 0.05) is 5.56 Å². The first-order valence-electron chi connectivity index (χ1n) is 5.41. The van der Waals surface area contributed by atoms with E-state index in [0.29, 0.717) is 5.56 Å². The van der Waals surface area contributed by atoms with Gasteiger partial charge >= 0.3 is 0 Å². The minimum absolute atomic E-state index is 0.681. The largest absolute Gasteiger partial charge is 0.298 e. The zero-order valence-corrected chi connectivity index (χ0v) is 9.34. The van der Waals surface area contributed by atoms with E-state index in [9.17, 15) is 4.79 Å². The van der Waals surface area contributed by atoms with Gasteiger partial charge in [-0.1, -0.05) is 48.5 Å². The van der Waals surface area contributed by atoms with E-state index in [1.54, 1.807) is 6.07 Å². The van der Waals surface area contributed by atoms with E-state index in [2.05, 4.69) is 5.73 Å². The van der Waals surface area contributed by atoms with E-state index in [4.69, 9.17) is 0 Å². The van der Waals surface area contributed by atoms with Crippen molar-refractivity contribution in [2.24, 2.45) is 0 Å². The molecule has 2 aromatic rings. The molecule has 2 aromatic carbocycles. The Balaban J connectivity index is 2.20. The molecule has 1 heteroatoms. The van der Waals surface area contributed by atoms with Crippen molar-refractivity contribution in [2.75, 3.05) is 0 Å². The Bertz CT molecular complexity index is 561. The van der Waals surface area contributed by atoms with Crippen LogP contribution in [0.5, 0.6) is 0 Å². The molecule has 0 aromatic heterocycles. The van der Waals surface area contributed by atoms with Gasteiger partial charge in [0.25, 0.3) is 0 Å². The molecule has 0 heterocycles. The number of carbonyl (C=O) groups is 1. The molecule has 0 aliphatic rings. The molecule has 2 rings (SSSR count). The predicted octanol–water partition coefficient (Wildman–Crippen LogP) is 3.82. The van der Waals surface area contributed by atoms with E-state index >= 15 is 0 Å². The van der Waals surface area contributed by atoms with Gasteiger partial charge in [0.1, 0.15) is 6.29 Å². The first-order chi connectivity index (χ1) is 8.38. The van der Waals surface area contributed by atoms with Crippen LogP contribution in [0.4, 0.5) is 0 Å². The molecule has 0 spiro atoms. The zero-order valence-electron chi connectivity index (χ0n) is 9.34. The molecule has 82 valence electrons. The molecule has 0 saturated carbocycles. The number of hydrogen-bond acceptors (Lipinski definition) is 1. The standard InChI is InChI=1S/C16H12O/c17-13-16-11-5-10-15(12-16)9-4-8-14-6-2-1-3-7-14/h1-3,5-13H. The smallest absolute Gasteiger partial charge is 0.150 e. The lowest BCUT2D eigenvalue weighted by Crippen LogP contribution is -1.79. The van der Waals surface area contributed by atoms with Crippen LogP contribution in [0.1, 0.15) is 21.5 Å². The van der Waals surface area contributed by atoms with Crippen molar-refractivity contribution in [3.63, 3.8) is 0 Å². The highest BCUT2D eigenvalue weighted by Crippen LogP contribution is 2.05. The summed E-state index contributed by atoms with van der Waals surface area (Å²) in [5.74, 6) is 0. The summed E-state index contributed by atoms with van der Waals surface area (Å²) >= 11 is 0. The van der Waals surface area contributed by atoms with E-state index in [0.717, 1.165) is 17.4 Å². The molecule has 0 aliphatic heterocycles. The molecular formula is C16H12O. The summed E-state index contributed by atoms with van der Waals surface area (Å²) in [4.78, 5) is 10.6. The Morgan fingerprint density at radius 2 is 1.41 bits per heavy atom. The van der Waals surface area contributed by atoms with Gasteiger partial charge in [0.05, 0.1) is 0 Å². The van der Waals surface area contributed by atoms with Crippen LogP contribution in [0.3, 0.4) is 0 Å². The predicted molar refractivity (Wildman–Crippen MR) is 70.7 cm³/mol. The van der Waals surface area contributed by atoms with Gasteiger partial charge in [-0.25, -0.2) is 0 Å². The van der Waals surface area contributed by atoms with E-state index in [1.165, 1.54) is 0 Å². The number of aldehydes is 1. The summed E-state index contributed by atoms with van der Waals surface area (Å²) in [5, 5.41) is 0. The van der Waals surface area contributed by atoms with Gasteiger partial charge in [-0.3, -0.25) is 4.79 Å². The average molecular weight is 220 g/mol. The van der Waals surface area contributed by atoms with Crippen molar-refractivity contribution in [1.82, 2.24) is 0 Å². The third-order valence-corrected chi connectivity index (χ3v) is 2.35. The fourth-order valence-corrected chi connectivity index (χ4v) is 1.51. The van der Waals surface area contributed by atoms with Gasteiger partial charge in [-0.15, -0.1) is 5.73 Å². The van der Waals surface area contributed by atoms with Crippen molar-refractivity contribution >= 4 is 18.4 Å². The van der Waals surface area contributed by atoms with Crippen molar-refractivity contribution in [1.29, 1.82) is 0 Å². The number of carbonyl (C=O) groups excluding carboxylic acids is 1. The molecule has 0 aliphatic carbocycles. The summed E-state index contributed by atoms with van der Waals surface area (Å²) in [6.45, 7) is 0. The van der Waals surface area contributed by atoms with Gasteiger partial charge in [0.15, 0.2) is 0 Å². The summed E-state index contributed by atoms with van der Waals surface area (Å²) in [6.07, 6.45) is 4.62. The second-order valence-electron chi connectivity index (χ2n) is 3.65. The molecule has 1 nitrogen and oxygen atoms in total. The molecule has 17 heavy (non-hydrogen) atoms. The molecule has 0 saturated heterocycles. The first-order valence-corrected chi connectivity index (χ1v) is 5.41. The molecular weight excluding hydrogens is 208 g/mol. The van der Waals surface area contributed by atoms with Gasteiger partial charge < -0.3 is 0 Å². The van der Waals surface area contributed by atoms with Crippen LogP contribution in [0.25, 0.3) is 12.2 Å². The summed E-state index contributed by atoms with van der Waals surface area (Å²) in [6, 6.07) is 17.4. The lowest BCUT2D eigenvalue weighted by molar-refractivity contribution is 0.112. The Labute approximate surface area is 101 Å². The third kappa shape index (κ3) is 3.30.